The minimum absolute atomic E-state index is 0.0652. The second-order valence-electron chi connectivity index (χ2n) is 5.11. The third-order valence-corrected chi connectivity index (χ3v) is 4.13. The van der Waals surface area contributed by atoms with Crippen LogP contribution in [-0.4, -0.2) is 16.1 Å². The number of rotatable bonds is 6. The molecule has 0 radical (unpaired) electrons. The van der Waals surface area contributed by atoms with Gasteiger partial charge in [-0.2, -0.15) is 11.3 Å². The second kappa shape index (κ2) is 7.19. The van der Waals surface area contributed by atoms with Crippen LogP contribution in [0.2, 0.25) is 0 Å². The molecule has 0 aliphatic rings. The summed E-state index contributed by atoms with van der Waals surface area (Å²) in [6.07, 6.45) is 1.72. The number of anilines is 1. The van der Waals surface area contributed by atoms with Crippen molar-refractivity contribution in [3.8, 4) is 11.5 Å². The second-order valence-corrected chi connectivity index (χ2v) is 5.89. The van der Waals surface area contributed by atoms with E-state index in [9.17, 15) is 4.79 Å². The lowest BCUT2D eigenvalue weighted by Gasteiger charge is -2.05. The number of nitrogens with zero attached hydrogens (tertiary/aromatic N) is 2. The van der Waals surface area contributed by atoms with Crippen LogP contribution in [0, 0.1) is 0 Å². The Morgan fingerprint density at radius 3 is 2.74 bits per heavy atom. The Hall–Kier alpha value is -2.47. The topological polar surface area (TPSA) is 68.0 Å². The standard InChI is InChI=1S/C17H17N3O2S/c1-2-12-3-5-14(6-4-12)18-15(21)7-8-16-19-20-17(22-16)13-9-10-23-11-13/h3-6,9-11H,2,7-8H2,1H3,(H,18,21). The Morgan fingerprint density at radius 1 is 1.22 bits per heavy atom. The molecule has 0 fully saturated rings. The molecule has 0 spiro atoms. The zero-order valence-electron chi connectivity index (χ0n) is 12.8. The first kappa shape index (κ1) is 15.4. The minimum atomic E-state index is -0.0652. The molecule has 118 valence electrons. The van der Waals surface area contributed by atoms with Gasteiger partial charge in [-0.1, -0.05) is 19.1 Å². The Kier molecular flexibility index (Phi) is 4.83. The molecule has 23 heavy (non-hydrogen) atoms. The zero-order valence-corrected chi connectivity index (χ0v) is 13.6. The largest absolute Gasteiger partial charge is 0.421 e. The van der Waals surface area contributed by atoms with Crippen LogP contribution in [-0.2, 0) is 17.6 Å². The van der Waals surface area contributed by atoms with E-state index in [0.29, 0.717) is 24.6 Å². The number of amides is 1. The molecule has 2 heterocycles. The predicted octanol–water partition coefficient (Wildman–Crippen LogP) is 3.93. The maximum absolute atomic E-state index is 12.0. The Labute approximate surface area is 138 Å². The highest BCUT2D eigenvalue weighted by Gasteiger charge is 2.11. The first-order chi connectivity index (χ1) is 11.2. The van der Waals surface area contributed by atoms with Gasteiger partial charge in [0.2, 0.25) is 17.7 Å². The van der Waals surface area contributed by atoms with Crippen LogP contribution in [0.25, 0.3) is 11.5 Å². The molecule has 5 nitrogen and oxygen atoms in total. The normalized spacial score (nSPS) is 10.7. The molecule has 1 N–H and O–H groups in total. The lowest BCUT2D eigenvalue weighted by Crippen LogP contribution is -2.12. The number of benzene rings is 1. The van der Waals surface area contributed by atoms with Crippen LogP contribution in [0.15, 0.2) is 45.5 Å². The molecule has 0 bridgehead atoms. The first-order valence-electron chi connectivity index (χ1n) is 7.48. The van der Waals surface area contributed by atoms with Gasteiger partial charge in [0.1, 0.15) is 0 Å². The van der Waals surface area contributed by atoms with E-state index in [1.165, 1.54) is 5.56 Å². The number of hydrogen-bond acceptors (Lipinski definition) is 5. The summed E-state index contributed by atoms with van der Waals surface area (Å²) in [6.45, 7) is 2.10. The van der Waals surface area contributed by atoms with Crippen LogP contribution in [0.1, 0.15) is 24.8 Å². The van der Waals surface area contributed by atoms with Crippen LogP contribution < -0.4 is 5.32 Å². The average molecular weight is 327 g/mol. The van der Waals surface area contributed by atoms with E-state index < -0.39 is 0 Å². The minimum Gasteiger partial charge on any atom is -0.421 e. The highest BCUT2D eigenvalue weighted by molar-refractivity contribution is 7.08. The number of carbonyl (C=O) groups excluding carboxylic acids is 1. The first-order valence-corrected chi connectivity index (χ1v) is 8.42. The van der Waals surface area contributed by atoms with Gasteiger partial charge in [-0.3, -0.25) is 4.79 Å². The summed E-state index contributed by atoms with van der Waals surface area (Å²) >= 11 is 1.57. The summed E-state index contributed by atoms with van der Waals surface area (Å²) in [5.74, 6) is 0.907. The molecule has 0 saturated heterocycles. The van der Waals surface area contributed by atoms with E-state index in [4.69, 9.17) is 4.42 Å². The number of hydrogen-bond donors (Lipinski definition) is 1. The van der Waals surface area contributed by atoms with Crippen LogP contribution in [0.4, 0.5) is 5.69 Å². The quantitative estimate of drug-likeness (QED) is 0.745. The van der Waals surface area contributed by atoms with Crippen molar-refractivity contribution in [2.24, 2.45) is 0 Å². The third kappa shape index (κ3) is 4.04. The van der Waals surface area contributed by atoms with Crippen molar-refractivity contribution in [3.63, 3.8) is 0 Å². The fourth-order valence-electron chi connectivity index (χ4n) is 2.13. The molecular formula is C17H17N3O2S. The van der Waals surface area contributed by atoms with Crippen molar-refractivity contribution in [2.75, 3.05) is 5.32 Å². The van der Waals surface area contributed by atoms with Crippen LogP contribution in [0.3, 0.4) is 0 Å². The van der Waals surface area contributed by atoms with Crippen molar-refractivity contribution < 1.29 is 9.21 Å². The summed E-state index contributed by atoms with van der Waals surface area (Å²) in [7, 11) is 0. The van der Waals surface area contributed by atoms with Gasteiger partial charge in [0.25, 0.3) is 0 Å². The highest BCUT2D eigenvalue weighted by Crippen LogP contribution is 2.20. The Morgan fingerprint density at radius 2 is 2.04 bits per heavy atom. The predicted molar refractivity (Wildman–Crippen MR) is 90.4 cm³/mol. The Bertz CT molecular complexity index is 764. The number of nitrogens with one attached hydrogen (secondary N) is 1. The molecule has 0 saturated carbocycles. The summed E-state index contributed by atoms with van der Waals surface area (Å²) in [4.78, 5) is 12.0. The fraction of sp³-hybridized carbons (Fsp3) is 0.235. The van der Waals surface area contributed by atoms with Gasteiger partial charge < -0.3 is 9.73 Å². The van der Waals surface area contributed by atoms with E-state index in [0.717, 1.165) is 17.7 Å². The van der Waals surface area contributed by atoms with Gasteiger partial charge in [-0.05, 0) is 35.6 Å². The number of aromatic nitrogens is 2. The zero-order chi connectivity index (χ0) is 16.1. The molecular weight excluding hydrogens is 310 g/mol. The molecule has 3 aromatic rings. The fourth-order valence-corrected chi connectivity index (χ4v) is 2.75. The molecule has 1 aromatic carbocycles. The van der Waals surface area contributed by atoms with Gasteiger partial charge >= 0.3 is 0 Å². The highest BCUT2D eigenvalue weighted by atomic mass is 32.1. The van der Waals surface area contributed by atoms with Gasteiger partial charge in [-0.15, -0.1) is 10.2 Å². The maximum atomic E-state index is 12.0. The molecule has 0 aliphatic heterocycles. The van der Waals surface area contributed by atoms with E-state index in [1.54, 1.807) is 11.3 Å². The van der Waals surface area contributed by atoms with E-state index in [2.05, 4.69) is 22.4 Å². The van der Waals surface area contributed by atoms with Crippen molar-refractivity contribution >= 4 is 22.9 Å². The molecule has 0 aliphatic carbocycles. The lowest BCUT2D eigenvalue weighted by molar-refractivity contribution is -0.116. The van der Waals surface area contributed by atoms with Crippen LogP contribution in [0.5, 0.6) is 0 Å². The molecule has 0 unspecified atom stereocenters. The Balaban J connectivity index is 1.52. The van der Waals surface area contributed by atoms with E-state index >= 15 is 0 Å². The van der Waals surface area contributed by atoms with Crippen molar-refractivity contribution in [1.82, 2.24) is 10.2 Å². The molecule has 1 amide bonds. The van der Waals surface area contributed by atoms with Gasteiger partial charge in [0, 0.05) is 29.5 Å². The summed E-state index contributed by atoms with van der Waals surface area (Å²) in [5.41, 5.74) is 2.96. The molecule has 3 rings (SSSR count). The van der Waals surface area contributed by atoms with E-state index in [1.807, 2.05) is 41.1 Å². The summed E-state index contributed by atoms with van der Waals surface area (Å²) in [6, 6.07) is 9.78. The van der Waals surface area contributed by atoms with E-state index in [-0.39, 0.29) is 5.91 Å². The summed E-state index contributed by atoms with van der Waals surface area (Å²) in [5, 5.41) is 14.8. The van der Waals surface area contributed by atoms with Crippen LogP contribution >= 0.6 is 11.3 Å². The summed E-state index contributed by atoms with van der Waals surface area (Å²) < 4.78 is 5.56. The third-order valence-electron chi connectivity index (χ3n) is 3.45. The maximum Gasteiger partial charge on any atom is 0.248 e. The van der Waals surface area contributed by atoms with Gasteiger partial charge in [0.05, 0.1) is 0 Å². The van der Waals surface area contributed by atoms with Crippen molar-refractivity contribution in [1.29, 1.82) is 0 Å². The van der Waals surface area contributed by atoms with Gasteiger partial charge in [0.15, 0.2) is 0 Å². The van der Waals surface area contributed by atoms with Crippen molar-refractivity contribution in [2.45, 2.75) is 26.2 Å². The smallest absolute Gasteiger partial charge is 0.248 e. The molecule has 0 atom stereocenters. The molecule has 6 heteroatoms. The number of carbonyl (C=O) groups is 1. The SMILES string of the molecule is CCc1ccc(NC(=O)CCc2nnc(-c3ccsc3)o2)cc1. The van der Waals surface area contributed by atoms with Crippen molar-refractivity contribution in [3.05, 3.63) is 52.5 Å². The number of aryl methyl sites for hydroxylation is 2. The average Bonchev–Trinajstić information content (AvgIpc) is 3.25. The molecule has 2 aromatic heterocycles. The monoisotopic (exact) mass is 327 g/mol. The van der Waals surface area contributed by atoms with Gasteiger partial charge in [-0.25, -0.2) is 0 Å². The number of thiophene rings is 1. The lowest BCUT2D eigenvalue weighted by atomic mass is 10.1.